The summed E-state index contributed by atoms with van der Waals surface area (Å²) in [5, 5.41) is 0. The summed E-state index contributed by atoms with van der Waals surface area (Å²) in [4.78, 5) is 0.176. The van der Waals surface area contributed by atoms with Crippen molar-refractivity contribution in [2.24, 2.45) is 0 Å². The summed E-state index contributed by atoms with van der Waals surface area (Å²) >= 11 is 3.41. The lowest BCUT2D eigenvalue weighted by molar-refractivity contribution is 0.450. The average Bonchev–Trinajstić information content (AvgIpc) is 2.52. The standard InChI is InChI=1S/C15H26N2O4S4/c1-4-22-12-10-17(11-13-23-5-2)25(20,21)15-8-6-14(7-9-15)16-24(3,18)19/h6-9,16H,4-5,10-13H2,1-3H3. The summed E-state index contributed by atoms with van der Waals surface area (Å²) in [6.45, 7) is 5.02. The molecule has 10 heteroatoms. The van der Waals surface area contributed by atoms with Crippen molar-refractivity contribution in [2.75, 3.05) is 47.1 Å². The fourth-order valence-corrected chi connectivity index (χ4v) is 5.54. The van der Waals surface area contributed by atoms with Gasteiger partial charge < -0.3 is 0 Å². The summed E-state index contributed by atoms with van der Waals surface area (Å²) in [5.41, 5.74) is 0.344. The number of nitrogens with zero attached hydrogens (tertiary/aromatic N) is 1. The van der Waals surface area contributed by atoms with Crippen LogP contribution in [0.1, 0.15) is 13.8 Å². The summed E-state index contributed by atoms with van der Waals surface area (Å²) in [7, 11) is -6.98. The lowest BCUT2D eigenvalue weighted by Gasteiger charge is -2.22. The number of rotatable bonds is 12. The molecule has 0 atom stereocenters. The predicted octanol–water partition coefficient (Wildman–Crippen LogP) is 2.56. The molecule has 0 aliphatic rings. The van der Waals surface area contributed by atoms with E-state index in [0.29, 0.717) is 18.8 Å². The molecular formula is C15H26N2O4S4. The Kier molecular flexibility index (Phi) is 9.65. The molecule has 0 unspecified atom stereocenters. The normalized spacial score (nSPS) is 12.5. The van der Waals surface area contributed by atoms with Crippen molar-refractivity contribution in [3.8, 4) is 0 Å². The van der Waals surface area contributed by atoms with Crippen LogP contribution in [0.25, 0.3) is 0 Å². The maximum Gasteiger partial charge on any atom is 0.243 e. The smallest absolute Gasteiger partial charge is 0.243 e. The number of benzene rings is 1. The molecule has 0 bridgehead atoms. The molecule has 1 aromatic carbocycles. The number of nitrogens with one attached hydrogen (secondary N) is 1. The van der Waals surface area contributed by atoms with Gasteiger partial charge in [0.1, 0.15) is 0 Å². The van der Waals surface area contributed by atoms with Gasteiger partial charge in [0.05, 0.1) is 11.2 Å². The highest BCUT2D eigenvalue weighted by Gasteiger charge is 2.23. The van der Waals surface area contributed by atoms with Gasteiger partial charge in [-0.1, -0.05) is 13.8 Å². The molecule has 0 spiro atoms. The highest BCUT2D eigenvalue weighted by Crippen LogP contribution is 2.20. The molecule has 0 saturated carbocycles. The molecule has 25 heavy (non-hydrogen) atoms. The lowest BCUT2D eigenvalue weighted by atomic mass is 10.3. The van der Waals surface area contributed by atoms with E-state index in [-0.39, 0.29) is 4.90 Å². The molecule has 1 rings (SSSR count). The van der Waals surface area contributed by atoms with Crippen LogP contribution in [0.15, 0.2) is 29.2 Å². The molecule has 0 heterocycles. The molecule has 144 valence electrons. The Morgan fingerprint density at radius 3 is 1.80 bits per heavy atom. The van der Waals surface area contributed by atoms with E-state index >= 15 is 0 Å². The second-order valence-corrected chi connectivity index (χ2v) is 11.7. The van der Waals surface area contributed by atoms with Gasteiger partial charge in [0.2, 0.25) is 20.0 Å². The minimum absolute atomic E-state index is 0.176. The molecular weight excluding hydrogens is 400 g/mol. The van der Waals surface area contributed by atoms with Crippen molar-refractivity contribution >= 4 is 49.3 Å². The molecule has 0 saturated heterocycles. The maximum atomic E-state index is 12.9. The van der Waals surface area contributed by atoms with E-state index in [0.717, 1.165) is 29.3 Å². The fourth-order valence-electron chi connectivity index (χ4n) is 2.03. The van der Waals surface area contributed by atoms with Crippen LogP contribution in [-0.2, 0) is 20.0 Å². The van der Waals surface area contributed by atoms with Crippen LogP contribution < -0.4 is 4.72 Å². The van der Waals surface area contributed by atoms with E-state index in [9.17, 15) is 16.8 Å². The van der Waals surface area contributed by atoms with Crippen LogP contribution in [0.4, 0.5) is 5.69 Å². The first-order valence-corrected chi connectivity index (χ1v) is 13.6. The Balaban J connectivity index is 2.94. The maximum absolute atomic E-state index is 12.9. The predicted molar refractivity (Wildman–Crippen MR) is 110 cm³/mol. The van der Waals surface area contributed by atoms with Gasteiger partial charge in [-0.05, 0) is 35.8 Å². The first-order valence-electron chi connectivity index (χ1n) is 7.94. The Bertz CT molecular complexity index is 708. The minimum atomic E-state index is -3.59. The second kappa shape index (κ2) is 10.7. The Labute approximate surface area is 160 Å². The van der Waals surface area contributed by atoms with Gasteiger partial charge in [-0.15, -0.1) is 0 Å². The molecule has 0 radical (unpaired) electrons. The Hall–Kier alpha value is -0.420. The Morgan fingerprint density at radius 2 is 1.40 bits per heavy atom. The highest BCUT2D eigenvalue weighted by atomic mass is 32.2. The second-order valence-electron chi connectivity index (χ2n) is 5.20. The van der Waals surface area contributed by atoms with Crippen molar-refractivity contribution in [1.29, 1.82) is 0 Å². The monoisotopic (exact) mass is 426 g/mol. The lowest BCUT2D eigenvalue weighted by Crippen LogP contribution is -2.35. The van der Waals surface area contributed by atoms with Crippen LogP contribution >= 0.6 is 23.5 Å². The van der Waals surface area contributed by atoms with E-state index in [1.807, 2.05) is 13.8 Å². The number of thioether (sulfide) groups is 2. The molecule has 0 aliphatic heterocycles. The number of anilines is 1. The van der Waals surface area contributed by atoms with Crippen molar-refractivity contribution in [3.63, 3.8) is 0 Å². The van der Waals surface area contributed by atoms with E-state index < -0.39 is 20.0 Å². The molecule has 1 N–H and O–H groups in total. The summed E-state index contributed by atoms with van der Waals surface area (Å²) in [5.74, 6) is 3.40. The largest absolute Gasteiger partial charge is 0.284 e. The minimum Gasteiger partial charge on any atom is -0.284 e. The SMILES string of the molecule is CCSCCN(CCSCC)S(=O)(=O)c1ccc(NS(C)(=O)=O)cc1. The summed E-state index contributed by atoms with van der Waals surface area (Å²) in [6, 6.07) is 5.81. The van der Waals surface area contributed by atoms with Gasteiger partial charge in [0.25, 0.3) is 0 Å². The van der Waals surface area contributed by atoms with Gasteiger partial charge in [0.15, 0.2) is 0 Å². The van der Waals surface area contributed by atoms with Crippen LogP contribution in [0.5, 0.6) is 0 Å². The zero-order valence-electron chi connectivity index (χ0n) is 14.8. The first kappa shape index (κ1) is 22.6. The third-order valence-electron chi connectivity index (χ3n) is 3.17. The molecule has 6 nitrogen and oxygen atoms in total. The quantitative estimate of drug-likeness (QED) is 0.517. The average molecular weight is 427 g/mol. The Morgan fingerprint density at radius 1 is 0.920 bits per heavy atom. The number of sulfonamides is 2. The van der Waals surface area contributed by atoms with Crippen molar-refractivity contribution in [3.05, 3.63) is 24.3 Å². The summed E-state index contributed by atoms with van der Waals surface area (Å²) < 4.78 is 52.1. The fraction of sp³-hybridized carbons (Fsp3) is 0.600. The topological polar surface area (TPSA) is 83.6 Å². The summed E-state index contributed by atoms with van der Waals surface area (Å²) in [6.07, 6.45) is 1.05. The zero-order chi connectivity index (χ0) is 18.9. The van der Waals surface area contributed by atoms with Crippen molar-refractivity contribution < 1.29 is 16.8 Å². The first-order chi connectivity index (χ1) is 11.7. The zero-order valence-corrected chi connectivity index (χ0v) is 18.0. The van der Waals surface area contributed by atoms with Gasteiger partial charge in [-0.3, -0.25) is 4.72 Å². The van der Waals surface area contributed by atoms with Crippen molar-refractivity contribution in [1.82, 2.24) is 4.31 Å². The molecule has 0 aromatic heterocycles. The van der Waals surface area contributed by atoms with Gasteiger partial charge in [0, 0.05) is 30.3 Å². The highest BCUT2D eigenvalue weighted by molar-refractivity contribution is 7.99. The van der Waals surface area contributed by atoms with Gasteiger partial charge in [-0.2, -0.15) is 27.8 Å². The van der Waals surface area contributed by atoms with Crippen LogP contribution in [-0.4, -0.2) is 63.5 Å². The van der Waals surface area contributed by atoms with Crippen LogP contribution in [0.3, 0.4) is 0 Å². The van der Waals surface area contributed by atoms with Gasteiger partial charge >= 0.3 is 0 Å². The molecule has 0 aliphatic carbocycles. The van der Waals surface area contributed by atoms with E-state index in [2.05, 4.69) is 4.72 Å². The molecule has 0 fully saturated rings. The van der Waals surface area contributed by atoms with E-state index in [1.54, 1.807) is 23.5 Å². The third kappa shape index (κ3) is 8.21. The third-order valence-corrected chi connectivity index (χ3v) is 7.45. The number of hydrogen-bond donors (Lipinski definition) is 1. The van der Waals surface area contributed by atoms with Crippen LogP contribution in [0, 0.1) is 0 Å². The molecule has 1 aromatic rings. The van der Waals surface area contributed by atoms with Crippen LogP contribution in [0.2, 0.25) is 0 Å². The van der Waals surface area contributed by atoms with E-state index in [4.69, 9.17) is 0 Å². The molecule has 0 amide bonds. The van der Waals surface area contributed by atoms with Gasteiger partial charge in [-0.25, -0.2) is 16.8 Å². The van der Waals surface area contributed by atoms with E-state index in [1.165, 1.54) is 28.6 Å². The number of hydrogen-bond acceptors (Lipinski definition) is 6. The van der Waals surface area contributed by atoms with Crippen molar-refractivity contribution in [2.45, 2.75) is 18.7 Å².